The van der Waals surface area contributed by atoms with Gasteiger partial charge in [-0.2, -0.15) is 0 Å². The maximum Gasteiger partial charge on any atom is 0.287 e. The smallest absolute Gasteiger partial charge is 0.287 e. The van der Waals surface area contributed by atoms with Crippen molar-refractivity contribution in [1.82, 2.24) is 10.3 Å². The van der Waals surface area contributed by atoms with Gasteiger partial charge in [-0.1, -0.05) is 60.1 Å². The second-order valence-electron chi connectivity index (χ2n) is 6.22. The highest BCUT2D eigenvalue weighted by atomic mass is 35.5. The Morgan fingerprint density at radius 1 is 0.893 bits per heavy atom. The Balaban J connectivity index is 1.61. The lowest BCUT2D eigenvalue weighted by Crippen LogP contribution is -2.29. The van der Waals surface area contributed by atoms with Crippen LogP contribution in [0.1, 0.15) is 27.9 Å². The Bertz CT molecular complexity index is 1040. The Morgan fingerprint density at radius 2 is 1.64 bits per heavy atom. The van der Waals surface area contributed by atoms with E-state index in [-0.39, 0.29) is 17.7 Å². The van der Waals surface area contributed by atoms with Crippen LogP contribution in [0.25, 0.3) is 11.3 Å². The van der Waals surface area contributed by atoms with E-state index in [0.29, 0.717) is 10.8 Å². The van der Waals surface area contributed by atoms with Crippen molar-refractivity contribution >= 4 is 17.5 Å². The number of nitrogens with zero attached hydrogens (tertiary/aromatic N) is 1. The van der Waals surface area contributed by atoms with Crippen LogP contribution in [0.5, 0.6) is 0 Å². The highest BCUT2D eigenvalue weighted by Crippen LogP contribution is 2.29. The van der Waals surface area contributed by atoms with Crippen LogP contribution in [0.3, 0.4) is 0 Å². The van der Waals surface area contributed by atoms with Crippen molar-refractivity contribution < 1.29 is 9.21 Å². The average molecular weight is 389 g/mol. The molecule has 0 saturated heterocycles. The zero-order valence-electron chi connectivity index (χ0n) is 14.9. The highest BCUT2D eigenvalue weighted by molar-refractivity contribution is 6.33. The molecule has 0 spiro atoms. The Kier molecular flexibility index (Phi) is 5.22. The van der Waals surface area contributed by atoms with Gasteiger partial charge in [0.25, 0.3) is 5.91 Å². The normalized spacial score (nSPS) is 11.8. The predicted octanol–water partition coefficient (Wildman–Crippen LogP) is 5.51. The van der Waals surface area contributed by atoms with Gasteiger partial charge in [-0.15, -0.1) is 0 Å². The fourth-order valence-corrected chi connectivity index (χ4v) is 3.22. The van der Waals surface area contributed by atoms with Crippen LogP contribution in [0.15, 0.2) is 95.5 Å². The monoisotopic (exact) mass is 388 g/mol. The fraction of sp³-hybridized carbons (Fsp3) is 0.0435. The Morgan fingerprint density at radius 3 is 2.39 bits per heavy atom. The lowest BCUT2D eigenvalue weighted by molar-refractivity contribution is 0.0915. The second kappa shape index (κ2) is 8.11. The second-order valence-corrected chi connectivity index (χ2v) is 6.62. The van der Waals surface area contributed by atoms with Crippen LogP contribution >= 0.6 is 11.6 Å². The Hall–Kier alpha value is -3.37. The van der Waals surface area contributed by atoms with Crippen molar-refractivity contribution in [3.8, 4) is 11.3 Å². The number of carbonyl (C=O) groups excluding carboxylic acids is 1. The fourth-order valence-electron chi connectivity index (χ4n) is 2.99. The number of benzene rings is 2. The number of nitrogens with one attached hydrogen (secondary N) is 1. The zero-order chi connectivity index (χ0) is 19.3. The van der Waals surface area contributed by atoms with Crippen LogP contribution in [-0.4, -0.2) is 10.9 Å². The van der Waals surface area contributed by atoms with Gasteiger partial charge in [0.2, 0.25) is 0 Å². The molecule has 5 heteroatoms. The SMILES string of the molecule is O=C(N[C@@H](c1ccccc1)c1ccccn1)c1ccc(-c2ccccc2Cl)o1. The zero-order valence-corrected chi connectivity index (χ0v) is 15.6. The minimum Gasteiger partial charge on any atom is -0.451 e. The van der Waals surface area contributed by atoms with Gasteiger partial charge in [0.1, 0.15) is 5.76 Å². The molecule has 1 atom stereocenters. The standard InChI is InChI=1S/C23H17ClN2O2/c24-18-11-5-4-10-17(18)20-13-14-21(28-20)23(27)26-22(16-8-2-1-3-9-16)19-12-6-7-15-25-19/h1-15,22H,(H,26,27)/t22-/m0/s1. The molecule has 1 amide bonds. The molecule has 0 aliphatic carbocycles. The number of pyridine rings is 1. The molecule has 2 aromatic heterocycles. The molecule has 4 nitrogen and oxygen atoms in total. The van der Waals surface area contributed by atoms with Crippen molar-refractivity contribution in [3.63, 3.8) is 0 Å². The van der Waals surface area contributed by atoms with E-state index >= 15 is 0 Å². The summed E-state index contributed by atoms with van der Waals surface area (Å²) in [5.74, 6) is 0.439. The molecular weight excluding hydrogens is 372 g/mol. The van der Waals surface area contributed by atoms with Crippen LogP contribution < -0.4 is 5.32 Å². The number of halogens is 1. The summed E-state index contributed by atoms with van der Waals surface area (Å²) in [6.45, 7) is 0. The van der Waals surface area contributed by atoms with Gasteiger partial charge in [0.15, 0.2) is 5.76 Å². The lowest BCUT2D eigenvalue weighted by atomic mass is 10.0. The van der Waals surface area contributed by atoms with E-state index in [9.17, 15) is 4.79 Å². The van der Waals surface area contributed by atoms with Gasteiger partial charge >= 0.3 is 0 Å². The topological polar surface area (TPSA) is 55.1 Å². The minimum absolute atomic E-state index is 0.215. The summed E-state index contributed by atoms with van der Waals surface area (Å²) in [5.41, 5.74) is 2.43. The third kappa shape index (κ3) is 3.82. The first-order valence-electron chi connectivity index (χ1n) is 8.84. The van der Waals surface area contributed by atoms with E-state index in [2.05, 4.69) is 10.3 Å². The molecular formula is C23H17ClN2O2. The molecule has 0 aliphatic heterocycles. The summed E-state index contributed by atoms with van der Waals surface area (Å²) in [4.78, 5) is 17.3. The molecule has 0 fully saturated rings. The number of amides is 1. The molecule has 0 aliphatic rings. The maximum absolute atomic E-state index is 12.9. The van der Waals surface area contributed by atoms with Crippen molar-refractivity contribution in [2.24, 2.45) is 0 Å². The van der Waals surface area contributed by atoms with Crippen LogP contribution in [0.4, 0.5) is 0 Å². The van der Waals surface area contributed by atoms with E-state index in [1.165, 1.54) is 0 Å². The molecule has 1 N–H and O–H groups in total. The summed E-state index contributed by atoms with van der Waals surface area (Å²) in [6.07, 6.45) is 1.71. The number of hydrogen-bond acceptors (Lipinski definition) is 3. The quantitative estimate of drug-likeness (QED) is 0.490. The van der Waals surface area contributed by atoms with Crippen LogP contribution in [0.2, 0.25) is 5.02 Å². The van der Waals surface area contributed by atoms with Gasteiger partial charge in [-0.25, -0.2) is 0 Å². The first-order valence-corrected chi connectivity index (χ1v) is 9.21. The average Bonchev–Trinajstić information content (AvgIpc) is 3.23. The third-order valence-electron chi connectivity index (χ3n) is 4.36. The predicted molar refractivity (Wildman–Crippen MR) is 109 cm³/mol. The van der Waals surface area contributed by atoms with Crippen LogP contribution in [-0.2, 0) is 0 Å². The third-order valence-corrected chi connectivity index (χ3v) is 4.69. The van der Waals surface area contributed by atoms with Crippen molar-refractivity contribution in [1.29, 1.82) is 0 Å². The van der Waals surface area contributed by atoms with E-state index in [4.69, 9.17) is 16.0 Å². The van der Waals surface area contributed by atoms with Gasteiger partial charge in [-0.05, 0) is 42.0 Å². The van der Waals surface area contributed by atoms with Crippen LogP contribution in [0, 0.1) is 0 Å². The van der Waals surface area contributed by atoms with E-state index in [1.807, 2.05) is 66.7 Å². The number of hydrogen-bond donors (Lipinski definition) is 1. The maximum atomic E-state index is 12.9. The molecule has 4 aromatic rings. The largest absolute Gasteiger partial charge is 0.451 e. The molecule has 0 bridgehead atoms. The summed E-state index contributed by atoms with van der Waals surface area (Å²) in [6, 6.07) is 25.7. The van der Waals surface area contributed by atoms with Crippen molar-refractivity contribution in [2.75, 3.05) is 0 Å². The molecule has 2 aromatic carbocycles. The van der Waals surface area contributed by atoms with Gasteiger partial charge in [-0.3, -0.25) is 9.78 Å². The molecule has 28 heavy (non-hydrogen) atoms. The van der Waals surface area contributed by atoms with E-state index in [0.717, 1.165) is 16.8 Å². The molecule has 0 unspecified atom stereocenters. The number of aromatic nitrogens is 1. The molecule has 138 valence electrons. The molecule has 4 rings (SSSR count). The molecule has 0 saturated carbocycles. The van der Waals surface area contributed by atoms with Crippen molar-refractivity contribution in [3.05, 3.63) is 113 Å². The van der Waals surface area contributed by atoms with Gasteiger partial charge < -0.3 is 9.73 Å². The van der Waals surface area contributed by atoms with Gasteiger partial charge in [0.05, 0.1) is 16.8 Å². The number of carbonyl (C=O) groups is 1. The summed E-state index contributed by atoms with van der Waals surface area (Å²) in [7, 11) is 0. The molecule has 2 heterocycles. The first-order chi connectivity index (χ1) is 13.7. The highest BCUT2D eigenvalue weighted by Gasteiger charge is 2.21. The Labute approximate surface area is 167 Å². The van der Waals surface area contributed by atoms with E-state index < -0.39 is 0 Å². The lowest BCUT2D eigenvalue weighted by Gasteiger charge is -2.18. The minimum atomic E-state index is -0.385. The molecule has 0 radical (unpaired) electrons. The first kappa shape index (κ1) is 18.0. The van der Waals surface area contributed by atoms with Gasteiger partial charge in [0, 0.05) is 11.8 Å². The van der Waals surface area contributed by atoms with Crippen molar-refractivity contribution in [2.45, 2.75) is 6.04 Å². The summed E-state index contributed by atoms with van der Waals surface area (Å²) < 4.78 is 5.77. The summed E-state index contributed by atoms with van der Waals surface area (Å²) >= 11 is 6.22. The van der Waals surface area contributed by atoms with E-state index in [1.54, 1.807) is 24.4 Å². The number of furan rings is 1. The number of rotatable bonds is 5. The summed E-state index contributed by atoms with van der Waals surface area (Å²) in [5, 5.41) is 3.59.